The maximum absolute atomic E-state index is 11.3. The lowest BCUT2D eigenvalue weighted by molar-refractivity contribution is -0.119. The van der Waals surface area contributed by atoms with Crippen LogP contribution in [-0.4, -0.2) is 31.0 Å². The fourth-order valence-corrected chi connectivity index (χ4v) is 1.99. The number of carbonyl (C=O) groups excluding carboxylic acids is 1. The third-order valence-corrected chi connectivity index (χ3v) is 2.90. The van der Waals surface area contributed by atoms with Gasteiger partial charge in [-0.15, -0.1) is 0 Å². The summed E-state index contributed by atoms with van der Waals surface area (Å²) in [5.74, 6) is 0.520. The van der Waals surface area contributed by atoms with Gasteiger partial charge >= 0.3 is 0 Å². The molecule has 0 radical (unpaired) electrons. The van der Waals surface area contributed by atoms with E-state index in [0.717, 1.165) is 0 Å². The Morgan fingerprint density at radius 2 is 2.08 bits per heavy atom. The summed E-state index contributed by atoms with van der Waals surface area (Å²) >= 11 is 0. The van der Waals surface area contributed by atoms with Crippen LogP contribution in [0, 0.1) is 5.92 Å². The van der Waals surface area contributed by atoms with Crippen LogP contribution in [0.5, 0.6) is 0 Å². The lowest BCUT2D eigenvalue weighted by atomic mass is 9.87. The minimum atomic E-state index is -0.0579. The van der Waals surface area contributed by atoms with Gasteiger partial charge in [0.05, 0.1) is 6.04 Å². The molecule has 4 nitrogen and oxygen atoms in total. The Labute approximate surface area is 79.4 Å². The molecule has 4 unspecified atom stereocenters. The van der Waals surface area contributed by atoms with E-state index in [4.69, 9.17) is 0 Å². The summed E-state index contributed by atoms with van der Waals surface area (Å²) in [5, 5.41) is 3.19. The van der Waals surface area contributed by atoms with Crippen LogP contribution in [0.25, 0.3) is 0 Å². The van der Waals surface area contributed by atoms with Crippen LogP contribution < -0.4 is 16.2 Å². The molecule has 1 rings (SSSR count). The first-order valence-corrected chi connectivity index (χ1v) is 4.76. The lowest BCUT2D eigenvalue weighted by Gasteiger charge is -2.25. The van der Waals surface area contributed by atoms with Gasteiger partial charge in [-0.1, -0.05) is 0 Å². The smallest absolute Gasteiger partial charge is 0.148 e. The Morgan fingerprint density at radius 3 is 2.54 bits per heavy atom. The van der Waals surface area contributed by atoms with E-state index in [1.807, 2.05) is 7.05 Å². The number of rotatable bonds is 3. The van der Waals surface area contributed by atoms with E-state index in [9.17, 15) is 4.79 Å². The van der Waals surface area contributed by atoms with Gasteiger partial charge in [-0.3, -0.25) is 10.2 Å². The van der Waals surface area contributed by atoms with Gasteiger partial charge in [0.1, 0.15) is 5.78 Å². The van der Waals surface area contributed by atoms with Gasteiger partial charge in [0.2, 0.25) is 0 Å². The number of nitrogens with one attached hydrogen (secondary N) is 3. The van der Waals surface area contributed by atoms with Crippen molar-refractivity contribution in [2.45, 2.75) is 38.9 Å². The molecular formula is C9H19N3O. The molecule has 0 aliphatic carbocycles. The van der Waals surface area contributed by atoms with Crippen molar-refractivity contribution >= 4 is 5.78 Å². The van der Waals surface area contributed by atoms with E-state index in [2.05, 4.69) is 30.0 Å². The van der Waals surface area contributed by atoms with Gasteiger partial charge < -0.3 is 5.32 Å². The second kappa shape index (κ2) is 4.17. The minimum absolute atomic E-state index is 0.0579. The molecule has 0 aromatic carbocycles. The zero-order chi connectivity index (χ0) is 10.0. The van der Waals surface area contributed by atoms with Gasteiger partial charge in [0.25, 0.3) is 0 Å². The van der Waals surface area contributed by atoms with E-state index >= 15 is 0 Å². The highest BCUT2D eigenvalue weighted by atomic mass is 16.1. The monoisotopic (exact) mass is 185 g/mol. The highest BCUT2D eigenvalue weighted by molar-refractivity contribution is 5.82. The summed E-state index contributed by atoms with van der Waals surface area (Å²) < 4.78 is 0. The maximum Gasteiger partial charge on any atom is 0.148 e. The second-order valence-corrected chi connectivity index (χ2v) is 3.82. The van der Waals surface area contributed by atoms with Gasteiger partial charge in [-0.2, -0.15) is 0 Å². The van der Waals surface area contributed by atoms with Crippen molar-refractivity contribution in [2.24, 2.45) is 5.92 Å². The molecule has 0 spiro atoms. The van der Waals surface area contributed by atoms with Gasteiger partial charge in [0, 0.05) is 18.0 Å². The molecule has 13 heavy (non-hydrogen) atoms. The topological polar surface area (TPSA) is 53.2 Å². The summed E-state index contributed by atoms with van der Waals surface area (Å²) in [6.45, 7) is 5.83. The van der Waals surface area contributed by atoms with Gasteiger partial charge in [-0.25, -0.2) is 5.43 Å². The van der Waals surface area contributed by atoms with Gasteiger partial charge in [0.15, 0.2) is 0 Å². The lowest BCUT2D eigenvalue weighted by Crippen LogP contribution is -2.44. The zero-order valence-corrected chi connectivity index (χ0v) is 8.72. The van der Waals surface area contributed by atoms with E-state index in [0.29, 0.717) is 18.0 Å². The predicted octanol–water partition coefficient (Wildman–Crippen LogP) is -0.336. The van der Waals surface area contributed by atoms with Crippen molar-refractivity contribution < 1.29 is 4.79 Å². The number of hydrogen-bond donors (Lipinski definition) is 3. The molecule has 0 bridgehead atoms. The summed E-state index contributed by atoms with van der Waals surface area (Å²) in [6, 6.07) is 0.611. The fourth-order valence-electron chi connectivity index (χ4n) is 1.99. The van der Waals surface area contributed by atoms with Crippen LogP contribution in [0.1, 0.15) is 20.8 Å². The molecule has 1 saturated heterocycles. The van der Waals surface area contributed by atoms with E-state index < -0.39 is 0 Å². The van der Waals surface area contributed by atoms with Crippen molar-refractivity contribution in [2.75, 3.05) is 7.05 Å². The molecule has 0 saturated carbocycles. The highest BCUT2D eigenvalue weighted by Crippen LogP contribution is 2.19. The van der Waals surface area contributed by atoms with Crippen LogP contribution in [-0.2, 0) is 4.79 Å². The molecular weight excluding hydrogens is 166 g/mol. The Balaban J connectivity index is 2.70. The highest BCUT2D eigenvalue weighted by Gasteiger charge is 2.38. The average molecular weight is 185 g/mol. The van der Waals surface area contributed by atoms with Crippen LogP contribution in [0.3, 0.4) is 0 Å². The van der Waals surface area contributed by atoms with Crippen LogP contribution >= 0.6 is 0 Å². The molecule has 1 aliphatic rings. The molecule has 1 aliphatic heterocycles. The van der Waals surface area contributed by atoms with Gasteiger partial charge in [-0.05, 0) is 27.8 Å². The van der Waals surface area contributed by atoms with Crippen molar-refractivity contribution in [3.05, 3.63) is 0 Å². The molecule has 76 valence electrons. The molecule has 0 aromatic heterocycles. The van der Waals surface area contributed by atoms with Crippen molar-refractivity contribution in [1.82, 2.24) is 16.2 Å². The summed E-state index contributed by atoms with van der Waals surface area (Å²) in [6.07, 6.45) is 0. The first-order valence-electron chi connectivity index (χ1n) is 4.76. The fraction of sp³-hybridized carbons (Fsp3) is 0.889. The molecule has 1 fully saturated rings. The molecule has 0 aromatic rings. The molecule has 3 N–H and O–H groups in total. The molecule has 0 amide bonds. The summed E-state index contributed by atoms with van der Waals surface area (Å²) in [7, 11) is 1.92. The first kappa shape index (κ1) is 10.6. The largest absolute Gasteiger partial charge is 0.317 e. The molecule has 1 heterocycles. The number of carbonyl (C=O) groups is 1. The summed E-state index contributed by atoms with van der Waals surface area (Å²) in [4.78, 5) is 11.3. The number of Topliss-reactive ketones (excluding diaryl/α,β-unsaturated/α-hetero) is 1. The number of hydrogen-bond acceptors (Lipinski definition) is 4. The van der Waals surface area contributed by atoms with E-state index in [1.54, 1.807) is 6.92 Å². The first-order chi connectivity index (χ1) is 6.07. The third kappa shape index (κ3) is 2.07. The Bertz CT molecular complexity index is 195. The Morgan fingerprint density at radius 1 is 1.46 bits per heavy atom. The van der Waals surface area contributed by atoms with Crippen molar-refractivity contribution in [1.29, 1.82) is 0 Å². The maximum atomic E-state index is 11.3. The molecule has 4 atom stereocenters. The number of ketones is 1. The SMILES string of the molecule is CNC(C)C1C(C)NNC1C(C)=O. The predicted molar refractivity (Wildman–Crippen MR) is 52.2 cm³/mol. The summed E-state index contributed by atoms with van der Waals surface area (Å²) in [5.41, 5.74) is 6.14. The number of hydrazine groups is 1. The molecule has 4 heteroatoms. The average Bonchev–Trinajstić information content (AvgIpc) is 2.46. The second-order valence-electron chi connectivity index (χ2n) is 3.82. The van der Waals surface area contributed by atoms with Crippen LogP contribution in [0.15, 0.2) is 0 Å². The Kier molecular flexibility index (Phi) is 3.41. The zero-order valence-electron chi connectivity index (χ0n) is 8.72. The standard InChI is InChI=1S/C9H19N3O/c1-5(10-4)8-6(2)11-12-9(8)7(3)13/h5-6,8-12H,1-4H3. The van der Waals surface area contributed by atoms with Crippen LogP contribution in [0.2, 0.25) is 0 Å². The minimum Gasteiger partial charge on any atom is -0.317 e. The third-order valence-electron chi connectivity index (χ3n) is 2.90. The van der Waals surface area contributed by atoms with Crippen LogP contribution in [0.4, 0.5) is 0 Å². The van der Waals surface area contributed by atoms with Crippen molar-refractivity contribution in [3.63, 3.8) is 0 Å². The van der Waals surface area contributed by atoms with E-state index in [1.165, 1.54) is 0 Å². The Hall–Kier alpha value is -0.450. The quantitative estimate of drug-likeness (QED) is 0.563. The van der Waals surface area contributed by atoms with E-state index in [-0.39, 0.29) is 11.8 Å². The normalized spacial score (nSPS) is 36.2. The van der Waals surface area contributed by atoms with Crippen molar-refractivity contribution in [3.8, 4) is 0 Å².